The number of benzene rings is 1. The summed E-state index contributed by atoms with van der Waals surface area (Å²) in [7, 11) is 0. The van der Waals surface area contributed by atoms with Gasteiger partial charge in [-0.25, -0.2) is 4.39 Å². The summed E-state index contributed by atoms with van der Waals surface area (Å²) in [5.74, 6) is -1.49. The van der Waals surface area contributed by atoms with E-state index < -0.39 is 23.0 Å². The molecule has 1 heterocycles. The lowest BCUT2D eigenvalue weighted by Crippen LogP contribution is -2.51. The van der Waals surface area contributed by atoms with Crippen molar-refractivity contribution in [2.75, 3.05) is 13.1 Å². The first-order valence-corrected chi connectivity index (χ1v) is 10.7. The van der Waals surface area contributed by atoms with Crippen LogP contribution in [0.5, 0.6) is 0 Å². The topological polar surface area (TPSA) is 95.6 Å². The molecule has 1 aliphatic carbocycles. The Kier molecular flexibility index (Phi) is 7.25. The van der Waals surface area contributed by atoms with Crippen molar-refractivity contribution in [3.05, 3.63) is 40.6 Å². The molecule has 0 bridgehead atoms. The SMILES string of the molecule is CC(=O)NC(C(=O)NCCN1C(=O)S/C(=C\c2ccccc2F)C1=O)C1CCCC1. The van der Waals surface area contributed by atoms with E-state index >= 15 is 0 Å². The highest BCUT2D eigenvalue weighted by atomic mass is 32.2. The largest absolute Gasteiger partial charge is 0.353 e. The van der Waals surface area contributed by atoms with Crippen LogP contribution in [0, 0.1) is 11.7 Å². The van der Waals surface area contributed by atoms with Gasteiger partial charge in [0.1, 0.15) is 11.9 Å². The van der Waals surface area contributed by atoms with Crippen molar-refractivity contribution in [3.63, 3.8) is 0 Å². The molecule has 1 saturated carbocycles. The Bertz CT molecular complexity index is 883. The Labute approximate surface area is 178 Å². The molecule has 4 amide bonds. The minimum absolute atomic E-state index is 0.00246. The summed E-state index contributed by atoms with van der Waals surface area (Å²) in [6.07, 6.45) is 5.16. The zero-order valence-corrected chi connectivity index (χ0v) is 17.5. The zero-order chi connectivity index (χ0) is 21.7. The third kappa shape index (κ3) is 5.27. The summed E-state index contributed by atoms with van der Waals surface area (Å²) >= 11 is 0.741. The molecule has 0 radical (unpaired) electrons. The van der Waals surface area contributed by atoms with Gasteiger partial charge in [0.25, 0.3) is 11.1 Å². The van der Waals surface area contributed by atoms with Gasteiger partial charge in [0.05, 0.1) is 4.91 Å². The first-order chi connectivity index (χ1) is 14.4. The molecule has 3 rings (SSSR count). The second-order valence-electron chi connectivity index (χ2n) is 7.37. The predicted molar refractivity (Wildman–Crippen MR) is 112 cm³/mol. The van der Waals surface area contributed by atoms with Crippen molar-refractivity contribution in [2.45, 2.75) is 38.6 Å². The van der Waals surface area contributed by atoms with E-state index in [-0.39, 0.29) is 41.3 Å². The summed E-state index contributed by atoms with van der Waals surface area (Å²) in [5.41, 5.74) is 0.228. The smallest absolute Gasteiger partial charge is 0.293 e. The minimum atomic E-state index is -0.610. The fourth-order valence-corrected chi connectivity index (χ4v) is 4.59. The van der Waals surface area contributed by atoms with Gasteiger partial charge in [0, 0.05) is 25.6 Å². The Hall–Kier alpha value is -2.68. The molecular weight excluding hydrogens is 409 g/mol. The number of hydrogen-bond acceptors (Lipinski definition) is 5. The lowest BCUT2D eigenvalue weighted by Gasteiger charge is -2.23. The van der Waals surface area contributed by atoms with E-state index in [0.29, 0.717) is 0 Å². The molecule has 1 aliphatic heterocycles. The molecule has 0 spiro atoms. The summed E-state index contributed by atoms with van der Waals surface area (Å²) in [6, 6.07) is 5.38. The Morgan fingerprint density at radius 2 is 1.97 bits per heavy atom. The number of carbonyl (C=O) groups is 4. The molecule has 1 aromatic carbocycles. The second-order valence-corrected chi connectivity index (χ2v) is 8.36. The van der Waals surface area contributed by atoms with E-state index in [0.717, 1.165) is 42.3 Å². The highest BCUT2D eigenvalue weighted by Gasteiger charge is 2.35. The van der Waals surface area contributed by atoms with E-state index in [9.17, 15) is 23.6 Å². The van der Waals surface area contributed by atoms with Gasteiger partial charge in [-0.3, -0.25) is 24.1 Å². The fraction of sp³-hybridized carbons (Fsp3) is 0.429. The first kappa shape index (κ1) is 22.0. The van der Waals surface area contributed by atoms with Crippen LogP contribution in [0.1, 0.15) is 38.2 Å². The zero-order valence-electron chi connectivity index (χ0n) is 16.7. The molecule has 2 fully saturated rings. The van der Waals surface area contributed by atoms with Crippen LogP contribution < -0.4 is 10.6 Å². The van der Waals surface area contributed by atoms with Gasteiger partial charge >= 0.3 is 0 Å². The van der Waals surface area contributed by atoms with Crippen LogP contribution in [0.25, 0.3) is 6.08 Å². The average molecular weight is 434 g/mol. The van der Waals surface area contributed by atoms with Crippen LogP contribution in [-0.4, -0.2) is 47.0 Å². The van der Waals surface area contributed by atoms with Crippen LogP contribution in [0.2, 0.25) is 0 Å². The molecule has 1 saturated heterocycles. The van der Waals surface area contributed by atoms with Crippen LogP contribution in [0.3, 0.4) is 0 Å². The van der Waals surface area contributed by atoms with Gasteiger partial charge in [0.2, 0.25) is 11.8 Å². The van der Waals surface area contributed by atoms with Crippen molar-refractivity contribution in [1.29, 1.82) is 0 Å². The molecule has 30 heavy (non-hydrogen) atoms. The maximum Gasteiger partial charge on any atom is 0.293 e. The quantitative estimate of drug-likeness (QED) is 0.645. The molecule has 9 heteroatoms. The molecule has 2 aliphatic rings. The first-order valence-electron chi connectivity index (χ1n) is 9.91. The highest BCUT2D eigenvalue weighted by Crippen LogP contribution is 2.32. The van der Waals surface area contributed by atoms with Crippen molar-refractivity contribution >= 4 is 40.8 Å². The van der Waals surface area contributed by atoms with Crippen molar-refractivity contribution in [1.82, 2.24) is 15.5 Å². The molecule has 7 nitrogen and oxygen atoms in total. The summed E-state index contributed by atoms with van der Waals surface area (Å²) in [6.45, 7) is 1.45. The summed E-state index contributed by atoms with van der Waals surface area (Å²) < 4.78 is 13.8. The van der Waals surface area contributed by atoms with Crippen LogP contribution >= 0.6 is 11.8 Å². The lowest BCUT2D eigenvalue weighted by atomic mass is 9.97. The second kappa shape index (κ2) is 9.88. The number of halogens is 1. The van der Waals surface area contributed by atoms with Gasteiger partial charge in [-0.2, -0.15) is 0 Å². The molecule has 1 aromatic rings. The van der Waals surface area contributed by atoms with Crippen molar-refractivity contribution in [3.8, 4) is 0 Å². The normalized spacial score (nSPS) is 19.4. The predicted octanol–water partition coefficient (Wildman–Crippen LogP) is 2.67. The van der Waals surface area contributed by atoms with Crippen LogP contribution in [0.15, 0.2) is 29.2 Å². The monoisotopic (exact) mass is 433 g/mol. The highest BCUT2D eigenvalue weighted by molar-refractivity contribution is 8.18. The number of amides is 4. The Balaban J connectivity index is 1.58. The third-order valence-corrected chi connectivity index (χ3v) is 6.12. The number of nitrogens with one attached hydrogen (secondary N) is 2. The minimum Gasteiger partial charge on any atom is -0.353 e. The Morgan fingerprint density at radius 1 is 1.27 bits per heavy atom. The summed E-state index contributed by atoms with van der Waals surface area (Å²) in [4.78, 5) is 49.9. The van der Waals surface area contributed by atoms with Gasteiger partial charge < -0.3 is 10.6 Å². The third-order valence-electron chi connectivity index (χ3n) is 5.21. The van der Waals surface area contributed by atoms with E-state index in [1.165, 1.54) is 25.1 Å². The van der Waals surface area contributed by atoms with Crippen molar-refractivity contribution in [2.24, 2.45) is 5.92 Å². The number of hydrogen-bond donors (Lipinski definition) is 2. The molecule has 160 valence electrons. The van der Waals surface area contributed by atoms with Gasteiger partial charge in [-0.1, -0.05) is 31.0 Å². The molecule has 1 unspecified atom stereocenters. The molecule has 2 N–H and O–H groups in total. The van der Waals surface area contributed by atoms with Crippen LogP contribution in [0.4, 0.5) is 9.18 Å². The van der Waals surface area contributed by atoms with Crippen molar-refractivity contribution < 1.29 is 23.6 Å². The van der Waals surface area contributed by atoms with E-state index in [1.807, 2.05) is 0 Å². The molecular formula is C21H24FN3O4S. The van der Waals surface area contributed by atoms with E-state index in [4.69, 9.17) is 0 Å². The van der Waals surface area contributed by atoms with E-state index in [1.54, 1.807) is 12.1 Å². The number of nitrogens with zero attached hydrogens (tertiary/aromatic N) is 1. The van der Waals surface area contributed by atoms with Crippen LogP contribution in [-0.2, 0) is 14.4 Å². The number of thioether (sulfide) groups is 1. The number of imide groups is 1. The maximum absolute atomic E-state index is 13.8. The molecule has 0 aromatic heterocycles. The van der Waals surface area contributed by atoms with E-state index in [2.05, 4.69) is 10.6 Å². The number of rotatable bonds is 7. The fourth-order valence-electron chi connectivity index (χ4n) is 3.73. The molecule has 1 atom stereocenters. The lowest BCUT2D eigenvalue weighted by molar-refractivity contribution is -0.129. The standard InChI is InChI=1S/C21H24FN3O4S/c1-13(26)24-18(14-6-2-3-7-14)19(27)23-10-11-25-20(28)17(30-21(25)29)12-15-8-4-5-9-16(15)22/h4-5,8-9,12,14,18H,2-3,6-7,10-11H2,1H3,(H,23,27)(H,24,26)/b17-12-. The van der Waals surface area contributed by atoms with Gasteiger partial charge in [-0.05, 0) is 42.7 Å². The maximum atomic E-state index is 13.8. The number of carbonyl (C=O) groups excluding carboxylic acids is 4. The average Bonchev–Trinajstić information content (AvgIpc) is 3.32. The van der Waals surface area contributed by atoms with Gasteiger partial charge in [-0.15, -0.1) is 0 Å². The summed E-state index contributed by atoms with van der Waals surface area (Å²) in [5, 5.41) is 4.96. The Morgan fingerprint density at radius 3 is 2.63 bits per heavy atom. The van der Waals surface area contributed by atoms with Gasteiger partial charge in [0.15, 0.2) is 0 Å².